The van der Waals surface area contributed by atoms with Crippen molar-refractivity contribution in [3.05, 3.63) is 47.2 Å². The molecule has 2 aromatic rings. The van der Waals surface area contributed by atoms with Crippen LogP contribution in [0, 0.1) is 0 Å². The van der Waals surface area contributed by atoms with Crippen LogP contribution in [0.25, 0.3) is 16.8 Å². The van der Waals surface area contributed by atoms with E-state index in [0.29, 0.717) is 42.7 Å². The summed E-state index contributed by atoms with van der Waals surface area (Å²) in [5.41, 5.74) is 1.45. The Hall–Kier alpha value is -2.95. The summed E-state index contributed by atoms with van der Waals surface area (Å²) in [4.78, 5) is 30.2. The molecule has 2 aliphatic carbocycles. The number of carbonyl (C=O) groups is 2. The van der Waals surface area contributed by atoms with Gasteiger partial charge in [-0.3, -0.25) is 9.59 Å². The second-order valence-electron chi connectivity index (χ2n) is 7.24. The number of ketones is 2. The van der Waals surface area contributed by atoms with E-state index < -0.39 is 5.41 Å². The van der Waals surface area contributed by atoms with Crippen molar-refractivity contribution < 1.29 is 19.1 Å². The maximum atomic E-state index is 12.8. The highest BCUT2D eigenvalue weighted by molar-refractivity contribution is 6.20. The predicted octanol–water partition coefficient (Wildman–Crippen LogP) is 3.96. The molecule has 0 aliphatic heterocycles. The fraction of sp³-hybridized carbons (Fsp3) is 0.348. The van der Waals surface area contributed by atoms with Gasteiger partial charge in [0.25, 0.3) is 0 Å². The van der Waals surface area contributed by atoms with Crippen molar-refractivity contribution in [3.8, 4) is 11.6 Å². The van der Waals surface area contributed by atoms with E-state index in [2.05, 4.69) is 11.1 Å². The zero-order valence-electron chi connectivity index (χ0n) is 16.4. The van der Waals surface area contributed by atoms with E-state index in [1.54, 1.807) is 14.2 Å². The van der Waals surface area contributed by atoms with E-state index in [4.69, 9.17) is 9.47 Å². The molecule has 0 bridgehead atoms. The summed E-state index contributed by atoms with van der Waals surface area (Å²) in [5, 5.41) is 1.64. The van der Waals surface area contributed by atoms with Crippen LogP contribution >= 0.6 is 0 Å². The van der Waals surface area contributed by atoms with E-state index in [9.17, 15) is 9.59 Å². The number of hydrogen-bond donors (Lipinski definition) is 0. The monoisotopic (exact) mass is 377 g/mol. The molecule has 144 valence electrons. The molecule has 4 rings (SSSR count). The molecule has 0 unspecified atom stereocenters. The highest BCUT2D eigenvalue weighted by Gasteiger charge is 2.56. The first-order chi connectivity index (χ1) is 13.6. The van der Waals surface area contributed by atoms with Crippen LogP contribution in [-0.4, -0.2) is 30.8 Å². The summed E-state index contributed by atoms with van der Waals surface area (Å²) in [7, 11) is 3.14. The molecule has 0 atom stereocenters. The Kier molecular flexibility index (Phi) is 4.53. The molecule has 28 heavy (non-hydrogen) atoms. The second kappa shape index (κ2) is 6.89. The summed E-state index contributed by atoms with van der Waals surface area (Å²) >= 11 is 0. The van der Waals surface area contributed by atoms with Crippen molar-refractivity contribution in [3.63, 3.8) is 0 Å². The zero-order chi connectivity index (χ0) is 19.9. The molecule has 0 N–H and O–H groups in total. The minimum atomic E-state index is -1.05. The van der Waals surface area contributed by atoms with Crippen molar-refractivity contribution in [1.29, 1.82) is 0 Å². The molecule has 1 fully saturated rings. The van der Waals surface area contributed by atoms with Crippen molar-refractivity contribution in [2.45, 2.75) is 38.0 Å². The summed E-state index contributed by atoms with van der Waals surface area (Å²) in [6, 6.07) is 4.03. The van der Waals surface area contributed by atoms with Gasteiger partial charge in [0.15, 0.2) is 11.6 Å². The number of rotatable bonds is 4. The van der Waals surface area contributed by atoms with Crippen LogP contribution in [-0.2, 0) is 21.4 Å². The first-order valence-electron chi connectivity index (χ1n) is 9.52. The molecular weight excluding hydrogens is 354 g/mol. The van der Waals surface area contributed by atoms with Gasteiger partial charge >= 0.3 is 0 Å². The van der Waals surface area contributed by atoms with Gasteiger partial charge in [0.1, 0.15) is 11.2 Å². The number of carbonyl (C=O) groups excluding carboxylic acids is 2. The highest BCUT2D eigenvalue weighted by atomic mass is 16.5. The molecule has 1 heterocycles. The number of Topliss-reactive ketones (excluding diaryl/α,β-unsaturated/α-hetero) is 2. The lowest BCUT2D eigenvalue weighted by atomic mass is 9.77. The van der Waals surface area contributed by atoms with Gasteiger partial charge in [0, 0.05) is 18.4 Å². The first-order valence-corrected chi connectivity index (χ1v) is 9.52. The number of methoxy groups -OCH3 is 2. The van der Waals surface area contributed by atoms with Gasteiger partial charge in [-0.15, -0.1) is 0 Å². The number of allylic oxidation sites excluding steroid dienone is 3. The lowest BCUT2D eigenvalue weighted by Gasteiger charge is -2.24. The van der Waals surface area contributed by atoms with Gasteiger partial charge in [-0.25, -0.2) is 4.98 Å². The topological polar surface area (TPSA) is 65.5 Å². The van der Waals surface area contributed by atoms with Crippen molar-refractivity contribution >= 4 is 28.4 Å². The van der Waals surface area contributed by atoms with Gasteiger partial charge in [-0.1, -0.05) is 24.3 Å². The number of hydrogen-bond acceptors (Lipinski definition) is 5. The smallest absolute Gasteiger partial charge is 0.225 e. The average Bonchev–Trinajstić information content (AvgIpc) is 3.22. The molecule has 5 heteroatoms. The largest absolute Gasteiger partial charge is 0.496 e. The number of benzene rings is 1. The fourth-order valence-corrected chi connectivity index (χ4v) is 4.61. The van der Waals surface area contributed by atoms with Crippen LogP contribution in [0.15, 0.2) is 30.4 Å². The van der Waals surface area contributed by atoms with Crippen molar-refractivity contribution in [2.75, 3.05) is 14.2 Å². The summed E-state index contributed by atoms with van der Waals surface area (Å²) in [5.74, 6) is 0.984. The Bertz CT molecular complexity index is 1030. The molecule has 1 saturated carbocycles. The molecule has 5 nitrogen and oxygen atoms in total. The van der Waals surface area contributed by atoms with Crippen LogP contribution in [0.4, 0.5) is 0 Å². The van der Waals surface area contributed by atoms with Gasteiger partial charge in [-0.05, 0) is 42.9 Å². The average molecular weight is 377 g/mol. The Balaban J connectivity index is 2.01. The summed E-state index contributed by atoms with van der Waals surface area (Å²) in [6.07, 6.45) is 9.54. The Morgan fingerprint density at radius 2 is 1.79 bits per heavy atom. The third-order valence-corrected chi connectivity index (χ3v) is 5.84. The lowest BCUT2D eigenvalue weighted by Crippen LogP contribution is -2.35. The third kappa shape index (κ3) is 2.49. The molecule has 0 amide bonds. The standard InChI is InChI=1S/C23H23NO4/c1-4-5-6-7-16-13-15-12-14-10-11-23(17(25)8-9-18(23)26)20(14)21(27-2)19(15)22(24-16)28-3/h4-7,12-13H,8-11H2,1-3H3/b5-4+,7-6+. The van der Waals surface area contributed by atoms with Crippen LogP contribution < -0.4 is 9.47 Å². The normalized spacial score (nSPS) is 18.1. The maximum absolute atomic E-state index is 12.8. The number of fused-ring (bicyclic) bond motifs is 3. The van der Waals surface area contributed by atoms with Crippen LogP contribution in [0.1, 0.15) is 43.0 Å². The van der Waals surface area contributed by atoms with Gasteiger partial charge < -0.3 is 9.47 Å². The molecule has 1 spiro atoms. The summed E-state index contributed by atoms with van der Waals surface area (Å²) < 4.78 is 11.3. The van der Waals surface area contributed by atoms with Gasteiger partial charge in [0.05, 0.1) is 25.3 Å². The Morgan fingerprint density at radius 3 is 2.43 bits per heavy atom. The quantitative estimate of drug-likeness (QED) is 0.596. The second-order valence-corrected chi connectivity index (χ2v) is 7.24. The van der Waals surface area contributed by atoms with E-state index in [1.807, 2.05) is 37.3 Å². The van der Waals surface area contributed by atoms with Crippen LogP contribution in [0.2, 0.25) is 0 Å². The molecule has 1 aromatic heterocycles. The molecule has 1 aromatic carbocycles. The SMILES string of the molecule is C/C=C/C=C/c1cc2cc3c(c(OC)c2c(OC)n1)C1(CC3)C(=O)CCC1=O. The zero-order valence-corrected chi connectivity index (χ0v) is 16.4. The Labute approximate surface area is 164 Å². The van der Waals surface area contributed by atoms with E-state index >= 15 is 0 Å². The fourth-order valence-electron chi connectivity index (χ4n) is 4.61. The van der Waals surface area contributed by atoms with E-state index in [0.717, 1.165) is 22.2 Å². The van der Waals surface area contributed by atoms with Crippen LogP contribution in [0.5, 0.6) is 11.6 Å². The van der Waals surface area contributed by atoms with Gasteiger partial charge in [-0.2, -0.15) is 0 Å². The maximum Gasteiger partial charge on any atom is 0.225 e. The minimum Gasteiger partial charge on any atom is -0.496 e. The van der Waals surface area contributed by atoms with Crippen molar-refractivity contribution in [2.24, 2.45) is 0 Å². The molecule has 0 radical (unpaired) electrons. The number of nitrogens with zero attached hydrogens (tertiary/aromatic N) is 1. The number of pyridine rings is 1. The third-order valence-electron chi connectivity index (χ3n) is 5.84. The first kappa shape index (κ1) is 18.4. The summed E-state index contributed by atoms with van der Waals surface area (Å²) in [6.45, 7) is 1.95. The number of aromatic nitrogens is 1. The van der Waals surface area contributed by atoms with Gasteiger partial charge in [0.2, 0.25) is 5.88 Å². The molecule has 2 aliphatic rings. The Morgan fingerprint density at radius 1 is 1.04 bits per heavy atom. The minimum absolute atomic E-state index is 0.00623. The van der Waals surface area contributed by atoms with E-state index in [1.165, 1.54) is 0 Å². The highest BCUT2D eigenvalue weighted by Crippen LogP contribution is 2.53. The molecule has 0 saturated heterocycles. The van der Waals surface area contributed by atoms with Crippen molar-refractivity contribution in [1.82, 2.24) is 4.98 Å². The number of ether oxygens (including phenoxy) is 2. The molecular formula is C23H23NO4. The number of aryl methyl sites for hydroxylation is 1. The predicted molar refractivity (Wildman–Crippen MR) is 108 cm³/mol. The van der Waals surface area contributed by atoms with Crippen LogP contribution in [0.3, 0.4) is 0 Å². The van der Waals surface area contributed by atoms with E-state index in [-0.39, 0.29) is 11.6 Å². The lowest BCUT2D eigenvalue weighted by molar-refractivity contribution is -0.129.